The Hall–Kier alpha value is -6.54. The number of aromatic carboxylic acids is 1. The number of allylic oxidation sites excluding steroid dienone is 1. The highest BCUT2D eigenvalue weighted by atomic mass is 16.4. The molecule has 0 unspecified atom stereocenters. The molecule has 9 heteroatoms. The lowest BCUT2D eigenvalue weighted by Gasteiger charge is -2.01. The normalized spacial score (nSPS) is 9.00. The van der Waals surface area contributed by atoms with Crippen LogP contribution in [0, 0.1) is 22.7 Å². The molecule has 0 fully saturated rings. The van der Waals surface area contributed by atoms with Gasteiger partial charge in [0.15, 0.2) is 11.6 Å². The Labute approximate surface area is 247 Å². The third kappa shape index (κ3) is 12.9. The highest BCUT2D eigenvalue weighted by molar-refractivity contribution is 6.12. The number of Topliss-reactive ketones (excluding diaryl/α,β-unsaturated/α-hetero) is 1. The summed E-state index contributed by atoms with van der Waals surface area (Å²) in [6, 6.07) is 32.5. The number of hydrogen-bond acceptors (Lipinski definition) is 8. The van der Waals surface area contributed by atoms with Crippen LogP contribution in [-0.2, 0) is 9.59 Å². The first kappa shape index (κ1) is 34.5. The van der Waals surface area contributed by atoms with Crippen molar-refractivity contribution in [2.24, 2.45) is 0 Å². The first-order chi connectivity index (χ1) is 20.7. The average Bonchev–Trinajstić information content (AvgIpc) is 3.05. The molecular formula is C34H24N2O7. The Morgan fingerprint density at radius 1 is 0.674 bits per heavy atom. The van der Waals surface area contributed by atoms with Gasteiger partial charge in [0.25, 0.3) is 0 Å². The van der Waals surface area contributed by atoms with E-state index in [2.05, 4.69) is 0 Å². The standard InChI is InChI=1S/C17H11NO3.C8H5NO.C8H8O.CO2/c18-11-13-7-5-12(6-8-13)9-10-16(19)14-3-1-2-4-15(14)17(20)21;9-5-7-1-3-8(6-10)4-2-7;1-7(9)8-5-3-2-4-6-8;2-1-3/h1-10H,(H,20,21);1-4,6H;2-6H,1H3;/b10-9+;;;. The van der Waals surface area contributed by atoms with E-state index in [9.17, 15) is 19.2 Å². The Kier molecular flexibility index (Phi) is 15.6. The summed E-state index contributed by atoms with van der Waals surface area (Å²) in [5.74, 6) is -1.39. The lowest BCUT2D eigenvalue weighted by atomic mass is 10.0. The second-order valence-electron chi connectivity index (χ2n) is 8.14. The Morgan fingerprint density at radius 2 is 1.12 bits per heavy atom. The summed E-state index contributed by atoms with van der Waals surface area (Å²) >= 11 is 0. The molecule has 0 aromatic heterocycles. The van der Waals surface area contributed by atoms with Crippen LogP contribution in [0.4, 0.5) is 0 Å². The fraction of sp³-hybridized carbons (Fsp3) is 0.0294. The lowest BCUT2D eigenvalue weighted by molar-refractivity contribution is -0.191. The molecule has 9 nitrogen and oxygen atoms in total. The molecule has 4 aromatic rings. The van der Waals surface area contributed by atoms with Crippen molar-refractivity contribution >= 4 is 36.0 Å². The van der Waals surface area contributed by atoms with Crippen molar-refractivity contribution in [2.75, 3.05) is 0 Å². The average molecular weight is 573 g/mol. The van der Waals surface area contributed by atoms with Gasteiger partial charge in [-0.05, 0) is 48.9 Å². The molecule has 0 heterocycles. The Morgan fingerprint density at radius 3 is 1.51 bits per heavy atom. The smallest absolute Gasteiger partial charge is 0.373 e. The largest absolute Gasteiger partial charge is 0.478 e. The highest BCUT2D eigenvalue weighted by Crippen LogP contribution is 2.12. The van der Waals surface area contributed by atoms with E-state index < -0.39 is 5.97 Å². The van der Waals surface area contributed by atoms with Gasteiger partial charge in [0, 0.05) is 16.7 Å². The third-order valence-corrected chi connectivity index (χ3v) is 5.25. The summed E-state index contributed by atoms with van der Waals surface area (Å²) < 4.78 is 0. The highest BCUT2D eigenvalue weighted by Gasteiger charge is 2.13. The number of aldehydes is 1. The first-order valence-corrected chi connectivity index (χ1v) is 12.3. The van der Waals surface area contributed by atoms with E-state index in [1.807, 2.05) is 42.5 Å². The van der Waals surface area contributed by atoms with Gasteiger partial charge in [-0.3, -0.25) is 14.4 Å². The van der Waals surface area contributed by atoms with Gasteiger partial charge >= 0.3 is 12.1 Å². The van der Waals surface area contributed by atoms with Crippen LogP contribution in [0.3, 0.4) is 0 Å². The molecule has 0 radical (unpaired) electrons. The summed E-state index contributed by atoms with van der Waals surface area (Å²) in [4.78, 5) is 60.1. The molecule has 0 aliphatic rings. The molecule has 0 aliphatic carbocycles. The molecule has 43 heavy (non-hydrogen) atoms. The number of ketones is 2. The van der Waals surface area contributed by atoms with E-state index in [4.69, 9.17) is 25.2 Å². The monoisotopic (exact) mass is 572 g/mol. The molecule has 4 aromatic carbocycles. The van der Waals surface area contributed by atoms with Crippen LogP contribution in [0.1, 0.15) is 65.0 Å². The molecule has 4 rings (SSSR count). The number of carbonyl (C=O) groups excluding carboxylic acids is 5. The summed E-state index contributed by atoms with van der Waals surface area (Å²) in [6.07, 6.45) is 3.91. The fourth-order valence-corrected chi connectivity index (χ4v) is 3.12. The van der Waals surface area contributed by atoms with Gasteiger partial charge in [0.1, 0.15) is 6.29 Å². The van der Waals surface area contributed by atoms with Gasteiger partial charge in [-0.25, -0.2) is 4.79 Å². The maximum atomic E-state index is 12.1. The summed E-state index contributed by atoms with van der Waals surface area (Å²) in [7, 11) is 0. The van der Waals surface area contributed by atoms with Crippen LogP contribution < -0.4 is 0 Å². The van der Waals surface area contributed by atoms with Gasteiger partial charge in [-0.15, -0.1) is 0 Å². The van der Waals surface area contributed by atoms with Gasteiger partial charge < -0.3 is 5.11 Å². The van der Waals surface area contributed by atoms with Crippen molar-refractivity contribution in [3.8, 4) is 12.1 Å². The minimum atomic E-state index is -1.13. The van der Waals surface area contributed by atoms with Crippen molar-refractivity contribution in [1.29, 1.82) is 10.5 Å². The summed E-state index contributed by atoms with van der Waals surface area (Å²) in [6.45, 7) is 1.56. The van der Waals surface area contributed by atoms with E-state index in [1.165, 1.54) is 18.2 Å². The predicted octanol–water partition coefficient (Wildman–Crippen LogP) is 5.83. The molecule has 0 saturated heterocycles. The number of carbonyl (C=O) groups is 4. The van der Waals surface area contributed by atoms with E-state index in [0.29, 0.717) is 16.7 Å². The molecule has 0 atom stereocenters. The molecule has 0 amide bonds. The minimum Gasteiger partial charge on any atom is -0.478 e. The van der Waals surface area contributed by atoms with Gasteiger partial charge in [0.2, 0.25) is 0 Å². The zero-order chi connectivity index (χ0) is 32.0. The number of carboxylic acid groups (broad SMARTS) is 1. The third-order valence-electron chi connectivity index (χ3n) is 5.25. The fourth-order valence-electron chi connectivity index (χ4n) is 3.12. The molecule has 0 saturated carbocycles. The zero-order valence-electron chi connectivity index (χ0n) is 22.8. The second-order valence-corrected chi connectivity index (χ2v) is 8.14. The van der Waals surface area contributed by atoms with E-state index >= 15 is 0 Å². The van der Waals surface area contributed by atoms with Crippen LogP contribution in [0.15, 0.2) is 109 Å². The number of rotatable bonds is 6. The maximum Gasteiger partial charge on any atom is 0.373 e. The SMILES string of the molecule is CC(=O)c1ccccc1.N#Cc1ccc(/C=C/C(=O)c2ccccc2C(=O)O)cc1.N#Cc1ccc(C=O)cc1.O=C=O. The molecule has 212 valence electrons. The molecule has 0 spiro atoms. The van der Waals surface area contributed by atoms with Crippen molar-refractivity contribution in [1.82, 2.24) is 0 Å². The summed E-state index contributed by atoms with van der Waals surface area (Å²) in [5.41, 5.74) is 3.37. The van der Waals surface area contributed by atoms with E-state index in [0.717, 1.165) is 17.4 Å². The van der Waals surface area contributed by atoms with E-state index in [-0.39, 0.29) is 28.8 Å². The van der Waals surface area contributed by atoms with Gasteiger partial charge in [-0.2, -0.15) is 20.1 Å². The van der Waals surface area contributed by atoms with Crippen LogP contribution in [-0.4, -0.2) is 35.1 Å². The molecule has 0 bridgehead atoms. The molecular weight excluding hydrogens is 548 g/mol. The number of carboxylic acids is 1. The van der Waals surface area contributed by atoms with Crippen LogP contribution in [0.2, 0.25) is 0 Å². The van der Waals surface area contributed by atoms with Gasteiger partial charge in [-0.1, -0.05) is 78.9 Å². The first-order valence-electron chi connectivity index (χ1n) is 12.3. The minimum absolute atomic E-state index is 0.0213. The van der Waals surface area contributed by atoms with Crippen LogP contribution in [0.5, 0.6) is 0 Å². The van der Waals surface area contributed by atoms with Crippen molar-refractivity contribution in [2.45, 2.75) is 6.92 Å². The van der Waals surface area contributed by atoms with Crippen molar-refractivity contribution in [3.05, 3.63) is 148 Å². The zero-order valence-corrected chi connectivity index (χ0v) is 22.8. The number of nitrogens with zero attached hydrogens (tertiary/aromatic N) is 2. The van der Waals surface area contributed by atoms with Crippen molar-refractivity contribution in [3.63, 3.8) is 0 Å². The topological polar surface area (TPSA) is 170 Å². The Bertz CT molecular complexity index is 1670. The lowest BCUT2D eigenvalue weighted by Crippen LogP contribution is -2.06. The van der Waals surface area contributed by atoms with Gasteiger partial charge in [0.05, 0.1) is 28.8 Å². The number of nitriles is 2. The van der Waals surface area contributed by atoms with Crippen LogP contribution in [0.25, 0.3) is 6.08 Å². The Balaban J connectivity index is 0.000000348. The number of benzene rings is 4. The second kappa shape index (κ2) is 19.5. The quantitative estimate of drug-likeness (QED) is 0.170. The van der Waals surface area contributed by atoms with Crippen molar-refractivity contribution < 1.29 is 33.9 Å². The number of hydrogen-bond donors (Lipinski definition) is 1. The molecule has 0 aliphatic heterocycles. The maximum absolute atomic E-state index is 12.1. The predicted molar refractivity (Wildman–Crippen MR) is 156 cm³/mol. The molecule has 1 N–H and O–H groups in total. The van der Waals surface area contributed by atoms with E-state index in [1.54, 1.807) is 73.7 Å². The summed E-state index contributed by atoms with van der Waals surface area (Å²) in [5, 5.41) is 26.1. The van der Waals surface area contributed by atoms with Crippen LogP contribution >= 0.6 is 0 Å².